The van der Waals surface area contributed by atoms with Crippen LogP contribution in [0.2, 0.25) is 0 Å². The number of piperidine rings is 1. The second-order valence-electron chi connectivity index (χ2n) is 7.02. The van der Waals surface area contributed by atoms with Gasteiger partial charge in [0.1, 0.15) is 0 Å². The van der Waals surface area contributed by atoms with Crippen LogP contribution in [0.3, 0.4) is 0 Å². The Bertz CT molecular complexity index is 423. The molecule has 0 spiro atoms. The molecule has 0 aliphatic carbocycles. The zero-order chi connectivity index (χ0) is 14.8. The molecule has 1 aromatic heterocycles. The minimum absolute atomic E-state index is 0.438. The molecule has 2 saturated heterocycles. The van der Waals surface area contributed by atoms with E-state index in [4.69, 9.17) is 5.73 Å². The highest BCUT2D eigenvalue weighted by Gasteiger charge is 2.34. The highest BCUT2D eigenvalue weighted by Crippen LogP contribution is 2.35. The summed E-state index contributed by atoms with van der Waals surface area (Å²) in [6.07, 6.45) is 3.67. The van der Waals surface area contributed by atoms with Gasteiger partial charge in [0.15, 0.2) is 0 Å². The largest absolute Gasteiger partial charge is 0.328 e. The van der Waals surface area contributed by atoms with E-state index < -0.39 is 0 Å². The van der Waals surface area contributed by atoms with Crippen LogP contribution in [0.25, 0.3) is 0 Å². The van der Waals surface area contributed by atoms with Gasteiger partial charge in [0.2, 0.25) is 0 Å². The maximum atomic E-state index is 6.04. The highest BCUT2D eigenvalue weighted by atomic mass is 32.1. The van der Waals surface area contributed by atoms with Gasteiger partial charge in [-0.25, -0.2) is 0 Å². The van der Waals surface area contributed by atoms with Crippen molar-refractivity contribution in [3.8, 4) is 0 Å². The first kappa shape index (κ1) is 15.5. The molecular formula is C17H29N3S. The fourth-order valence-electron chi connectivity index (χ4n) is 3.99. The van der Waals surface area contributed by atoms with Crippen LogP contribution in [0.4, 0.5) is 0 Å². The zero-order valence-corrected chi connectivity index (χ0v) is 14.2. The number of thiophene rings is 1. The van der Waals surface area contributed by atoms with Gasteiger partial charge in [-0.15, -0.1) is 11.3 Å². The number of likely N-dealkylation sites (tertiary alicyclic amines) is 2. The van der Waals surface area contributed by atoms with Crippen LogP contribution in [-0.4, -0.2) is 48.1 Å². The third kappa shape index (κ3) is 3.50. The van der Waals surface area contributed by atoms with Crippen LogP contribution in [0.15, 0.2) is 17.5 Å². The van der Waals surface area contributed by atoms with Gasteiger partial charge in [0, 0.05) is 36.1 Å². The summed E-state index contributed by atoms with van der Waals surface area (Å²) < 4.78 is 0. The van der Waals surface area contributed by atoms with Crippen molar-refractivity contribution in [1.82, 2.24) is 9.80 Å². The molecule has 0 bridgehead atoms. The summed E-state index contributed by atoms with van der Waals surface area (Å²) in [5.74, 6) is 0.678. The molecule has 118 valence electrons. The van der Waals surface area contributed by atoms with Crippen LogP contribution in [0.1, 0.15) is 44.0 Å². The molecule has 2 aliphatic rings. The summed E-state index contributed by atoms with van der Waals surface area (Å²) in [5.41, 5.74) is 6.04. The molecule has 2 N–H and O–H groups in total. The van der Waals surface area contributed by atoms with Gasteiger partial charge < -0.3 is 5.73 Å². The highest BCUT2D eigenvalue weighted by molar-refractivity contribution is 7.10. The molecule has 2 atom stereocenters. The standard InChI is InChI=1S/C17H29N3S/c1-13(2)17(16-4-3-11-21-16)20-10-7-15(12-20)19-8-5-14(18)6-9-19/h3-4,11,13-15,17H,5-10,12,18H2,1-2H3. The van der Waals surface area contributed by atoms with Gasteiger partial charge in [0.05, 0.1) is 0 Å². The Kier molecular flexibility index (Phi) is 4.99. The molecule has 2 fully saturated rings. The predicted molar refractivity (Wildman–Crippen MR) is 90.7 cm³/mol. The van der Waals surface area contributed by atoms with Gasteiger partial charge in [-0.05, 0) is 49.7 Å². The lowest BCUT2D eigenvalue weighted by atomic mass is 10.0. The molecule has 0 saturated carbocycles. The SMILES string of the molecule is CC(C)C(c1cccs1)N1CCC(N2CCC(N)CC2)C1. The van der Waals surface area contributed by atoms with E-state index in [1.54, 1.807) is 0 Å². The van der Waals surface area contributed by atoms with Crippen LogP contribution in [-0.2, 0) is 0 Å². The quantitative estimate of drug-likeness (QED) is 0.928. The van der Waals surface area contributed by atoms with Gasteiger partial charge in [-0.2, -0.15) is 0 Å². The Morgan fingerprint density at radius 1 is 1.19 bits per heavy atom. The number of nitrogens with zero attached hydrogens (tertiary/aromatic N) is 2. The van der Waals surface area contributed by atoms with Crippen molar-refractivity contribution < 1.29 is 0 Å². The average molecular weight is 308 g/mol. The molecule has 0 amide bonds. The topological polar surface area (TPSA) is 32.5 Å². The fraction of sp³-hybridized carbons (Fsp3) is 0.765. The first-order valence-corrected chi connectivity index (χ1v) is 9.30. The molecule has 1 aromatic rings. The van der Waals surface area contributed by atoms with E-state index in [0.717, 1.165) is 6.04 Å². The van der Waals surface area contributed by atoms with Gasteiger partial charge >= 0.3 is 0 Å². The average Bonchev–Trinajstić information content (AvgIpc) is 3.12. The Balaban J connectivity index is 1.62. The number of rotatable bonds is 4. The van der Waals surface area contributed by atoms with Crippen LogP contribution >= 0.6 is 11.3 Å². The Morgan fingerprint density at radius 3 is 2.57 bits per heavy atom. The lowest BCUT2D eigenvalue weighted by Crippen LogP contribution is -2.46. The Morgan fingerprint density at radius 2 is 1.95 bits per heavy atom. The molecular weight excluding hydrogens is 278 g/mol. The molecule has 0 radical (unpaired) electrons. The molecule has 3 heterocycles. The molecule has 3 nitrogen and oxygen atoms in total. The lowest BCUT2D eigenvalue weighted by molar-refractivity contribution is 0.134. The second kappa shape index (κ2) is 6.78. The number of hydrogen-bond acceptors (Lipinski definition) is 4. The van der Waals surface area contributed by atoms with Crippen LogP contribution < -0.4 is 5.73 Å². The van der Waals surface area contributed by atoms with E-state index in [9.17, 15) is 0 Å². The van der Waals surface area contributed by atoms with E-state index in [2.05, 4.69) is 41.2 Å². The van der Waals surface area contributed by atoms with Gasteiger partial charge in [-0.3, -0.25) is 9.80 Å². The minimum atomic E-state index is 0.438. The molecule has 2 unspecified atom stereocenters. The molecule has 3 rings (SSSR count). The number of hydrogen-bond donors (Lipinski definition) is 1. The zero-order valence-electron chi connectivity index (χ0n) is 13.4. The fourth-order valence-corrected chi connectivity index (χ4v) is 5.03. The van der Waals surface area contributed by atoms with Crippen LogP contribution in [0.5, 0.6) is 0 Å². The van der Waals surface area contributed by atoms with Crippen molar-refractivity contribution >= 4 is 11.3 Å². The van der Waals surface area contributed by atoms with E-state index in [1.807, 2.05) is 11.3 Å². The van der Waals surface area contributed by atoms with Crippen molar-refractivity contribution in [3.05, 3.63) is 22.4 Å². The van der Waals surface area contributed by atoms with Crippen molar-refractivity contribution in [2.24, 2.45) is 11.7 Å². The number of nitrogens with two attached hydrogens (primary N) is 1. The molecule has 21 heavy (non-hydrogen) atoms. The minimum Gasteiger partial charge on any atom is -0.328 e. The summed E-state index contributed by atoms with van der Waals surface area (Å²) in [6.45, 7) is 9.59. The Hall–Kier alpha value is -0.420. The van der Waals surface area contributed by atoms with Crippen molar-refractivity contribution in [2.45, 2.75) is 51.2 Å². The summed E-state index contributed by atoms with van der Waals surface area (Å²) >= 11 is 1.91. The summed E-state index contributed by atoms with van der Waals surface area (Å²) in [7, 11) is 0. The smallest absolute Gasteiger partial charge is 0.0465 e. The molecule has 4 heteroatoms. The monoisotopic (exact) mass is 307 g/mol. The predicted octanol–water partition coefficient (Wildman–Crippen LogP) is 2.94. The van der Waals surface area contributed by atoms with E-state index in [-0.39, 0.29) is 0 Å². The summed E-state index contributed by atoms with van der Waals surface area (Å²) in [4.78, 5) is 6.94. The normalized spacial score (nSPS) is 27.5. The molecule has 0 aromatic carbocycles. The first-order chi connectivity index (χ1) is 10.1. The third-order valence-electron chi connectivity index (χ3n) is 5.14. The van der Waals surface area contributed by atoms with Crippen molar-refractivity contribution in [1.29, 1.82) is 0 Å². The summed E-state index contributed by atoms with van der Waals surface area (Å²) in [6, 6.07) is 6.28. The van der Waals surface area contributed by atoms with Crippen molar-refractivity contribution in [2.75, 3.05) is 26.2 Å². The molecule has 2 aliphatic heterocycles. The van der Waals surface area contributed by atoms with Gasteiger partial charge in [0.25, 0.3) is 0 Å². The lowest BCUT2D eigenvalue weighted by Gasteiger charge is -2.36. The second-order valence-corrected chi connectivity index (χ2v) is 7.99. The summed E-state index contributed by atoms with van der Waals surface area (Å²) in [5, 5.41) is 2.21. The third-order valence-corrected chi connectivity index (χ3v) is 6.09. The van der Waals surface area contributed by atoms with Gasteiger partial charge in [-0.1, -0.05) is 19.9 Å². The maximum Gasteiger partial charge on any atom is 0.0465 e. The van der Waals surface area contributed by atoms with E-state index in [0.29, 0.717) is 18.0 Å². The van der Waals surface area contributed by atoms with E-state index >= 15 is 0 Å². The maximum absolute atomic E-state index is 6.04. The van der Waals surface area contributed by atoms with Crippen LogP contribution in [0, 0.1) is 5.92 Å². The van der Waals surface area contributed by atoms with E-state index in [1.165, 1.54) is 50.3 Å². The Labute approximate surface area is 133 Å². The van der Waals surface area contributed by atoms with Crippen molar-refractivity contribution in [3.63, 3.8) is 0 Å². The first-order valence-electron chi connectivity index (χ1n) is 8.42.